The number of nitrogens with one attached hydrogen (secondary N) is 1. The highest BCUT2D eigenvalue weighted by molar-refractivity contribution is 6.27. The molecule has 1 N–H and O–H groups in total. The second kappa shape index (κ2) is 6.71. The van der Waals surface area contributed by atoms with E-state index in [1.54, 1.807) is 31.2 Å². The Kier molecular flexibility index (Phi) is 4.31. The summed E-state index contributed by atoms with van der Waals surface area (Å²) in [4.78, 5) is 41.1. The van der Waals surface area contributed by atoms with Crippen molar-refractivity contribution in [2.45, 2.75) is 19.0 Å². The maximum atomic E-state index is 13.6. The molecule has 0 bridgehead atoms. The van der Waals surface area contributed by atoms with Gasteiger partial charge in [0.25, 0.3) is 11.8 Å². The Morgan fingerprint density at radius 1 is 1.00 bits per heavy atom. The van der Waals surface area contributed by atoms with Crippen molar-refractivity contribution < 1.29 is 23.2 Å². The number of imide groups is 1. The number of hydrogen-bond donors (Lipinski definition) is 1. The number of amides is 4. The largest absolute Gasteiger partial charge is 0.326 e. The highest BCUT2D eigenvalue weighted by atomic mass is 19.2. The summed E-state index contributed by atoms with van der Waals surface area (Å²) in [5, 5.41) is 2.52. The van der Waals surface area contributed by atoms with Gasteiger partial charge in [-0.05, 0) is 30.7 Å². The number of nitrogens with zero attached hydrogens (tertiary/aromatic N) is 2. The number of para-hydroxylation sites is 1. The van der Waals surface area contributed by atoms with Crippen molar-refractivity contribution in [2.24, 2.45) is 0 Å². The quantitative estimate of drug-likeness (QED) is 0.493. The Bertz CT molecular complexity index is 1120. The lowest BCUT2D eigenvalue weighted by molar-refractivity contribution is -0.138. The van der Waals surface area contributed by atoms with Gasteiger partial charge in [0.05, 0.1) is 18.8 Å². The van der Waals surface area contributed by atoms with Crippen LogP contribution in [0.3, 0.4) is 0 Å². The number of urea groups is 1. The molecule has 0 aliphatic carbocycles. The van der Waals surface area contributed by atoms with Crippen molar-refractivity contribution in [3.8, 4) is 11.8 Å². The second-order valence-corrected chi connectivity index (χ2v) is 6.66. The third-order valence-corrected chi connectivity index (χ3v) is 5.01. The van der Waals surface area contributed by atoms with Crippen LogP contribution in [0.15, 0.2) is 42.5 Å². The van der Waals surface area contributed by atoms with Gasteiger partial charge in [0.1, 0.15) is 0 Å². The maximum absolute atomic E-state index is 13.6. The lowest BCUT2D eigenvalue weighted by Gasteiger charge is -2.22. The van der Waals surface area contributed by atoms with Crippen molar-refractivity contribution in [1.29, 1.82) is 0 Å². The fraction of sp³-hybridized carbons (Fsp3) is 0.190. The van der Waals surface area contributed by atoms with Crippen LogP contribution in [0.25, 0.3) is 0 Å². The summed E-state index contributed by atoms with van der Waals surface area (Å²) < 4.78 is 26.9. The van der Waals surface area contributed by atoms with Crippen molar-refractivity contribution in [1.82, 2.24) is 10.2 Å². The van der Waals surface area contributed by atoms with Gasteiger partial charge in [-0.2, -0.15) is 0 Å². The molecule has 2 aromatic carbocycles. The fourth-order valence-electron chi connectivity index (χ4n) is 3.64. The van der Waals surface area contributed by atoms with E-state index in [0.29, 0.717) is 16.8 Å². The summed E-state index contributed by atoms with van der Waals surface area (Å²) >= 11 is 0. The van der Waals surface area contributed by atoms with Crippen molar-refractivity contribution in [3.63, 3.8) is 0 Å². The van der Waals surface area contributed by atoms with E-state index in [2.05, 4.69) is 17.2 Å². The van der Waals surface area contributed by atoms with E-state index in [-0.39, 0.29) is 13.1 Å². The minimum atomic E-state index is -1.89. The highest BCUT2D eigenvalue weighted by Gasteiger charge is 2.63. The molecule has 1 unspecified atom stereocenters. The number of fused-ring (bicyclic) bond motifs is 2. The van der Waals surface area contributed by atoms with Crippen LogP contribution < -0.4 is 10.2 Å². The van der Waals surface area contributed by atoms with Crippen LogP contribution in [-0.4, -0.2) is 29.3 Å². The number of carbonyl (C=O) groups excluding carboxylic acids is 3. The first-order valence-corrected chi connectivity index (χ1v) is 8.79. The normalized spacial score (nSPS) is 20.0. The zero-order valence-corrected chi connectivity index (χ0v) is 15.3. The number of benzene rings is 2. The monoisotopic (exact) mass is 395 g/mol. The third kappa shape index (κ3) is 2.66. The lowest BCUT2D eigenvalue weighted by atomic mass is 9.91. The lowest BCUT2D eigenvalue weighted by Crippen LogP contribution is -2.52. The van der Waals surface area contributed by atoms with Crippen LogP contribution in [0, 0.1) is 23.5 Å². The van der Waals surface area contributed by atoms with Gasteiger partial charge in [-0.25, -0.2) is 18.5 Å². The van der Waals surface area contributed by atoms with Gasteiger partial charge in [0, 0.05) is 5.56 Å². The average Bonchev–Trinajstić information content (AvgIpc) is 3.10. The molecule has 2 aliphatic heterocycles. The van der Waals surface area contributed by atoms with E-state index >= 15 is 0 Å². The predicted octanol–water partition coefficient (Wildman–Crippen LogP) is 2.28. The molecular formula is C21H15F2N3O3. The van der Waals surface area contributed by atoms with Gasteiger partial charge in [0.15, 0.2) is 11.6 Å². The summed E-state index contributed by atoms with van der Waals surface area (Å²) in [7, 11) is 0. The van der Waals surface area contributed by atoms with E-state index in [1.807, 2.05) is 0 Å². The second-order valence-electron chi connectivity index (χ2n) is 6.66. The predicted molar refractivity (Wildman–Crippen MR) is 99.4 cm³/mol. The number of anilines is 1. The van der Waals surface area contributed by atoms with Crippen LogP contribution in [-0.2, 0) is 21.7 Å². The van der Waals surface area contributed by atoms with Gasteiger partial charge in [0.2, 0.25) is 5.54 Å². The Morgan fingerprint density at radius 2 is 1.72 bits per heavy atom. The van der Waals surface area contributed by atoms with Crippen LogP contribution >= 0.6 is 0 Å². The van der Waals surface area contributed by atoms with E-state index in [1.165, 1.54) is 11.0 Å². The van der Waals surface area contributed by atoms with Gasteiger partial charge in [-0.15, -0.1) is 5.92 Å². The Balaban J connectivity index is 1.77. The molecule has 1 fully saturated rings. The molecule has 6 nitrogen and oxygen atoms in total. The molecule has 0 radical (unpaired) electrons. The van der Waals surface area contributed by atoms with Crippen LogP contribution in [0.2, 0.25) is 0 Å². The molecule has 8 heteroatoms. The SMILES string of the molecule is CC#CCN1C(=O)NC2(C1=O)C(=O)N(Cc1ccc(F)c(F)c1)c1ccccc12. The van der Waals surface area contributed by atoms with E-state index in [0.717, 1.165) is 17.0 Å². The topological polar surface area (TPSA) is 69.7 Å². The van der Waals surface area contributed by atoms with E-state index in [4.69, 9.17) is 0 Å². The number of carbonyl (C=O) groups is 3. The smallest absolute Gasteiger partial charge is 0.311 e. The van der Waals surface area contributed by atoms with Crippen molar-refractivity contribution >= 4 is 23.5 Å². The van der Waals surface area contributed by atoms with Crippen LogP contribution in [0.5, 0.6) is 0 Å². The zero-order chi connectivity index (χ0) is 20.8. The average molecular weight is 395 g/mol. The molecule has 1 saturated heterocycles. The molecular weight excluding hydrogens is 380 g/mol. The minimum absolute atomic E-state index is 0.0906. The van der Waals surface area contributed by atoms with Crippen molar-refractivity contribution in [3.05, 3.63) is 65.2 Å². The summed E-state index contributed by atoms with van der Waals surface area (Å²) in [6.45, 7) is 1.35. The van der Waals surface area contributed by atoms with Gasteiger partial charge in [-0.1, -0.05) is 30.2 Å². The molecule has 146 valence electrons. The van der Waals surface area contributed by atoms with Gasteiger partial charge < -0.3 is 10.2 Å². The maximum Gasteiger partial charge on any atom is 0.326 e. The zero-order valence-electron chi connectivity index (χ0n) is 15.3. The molecule has 2 heterocycles. The molecule has 29 heavy (non-hydrogen) atoms. The molecule has 4 amide bonds. The first-order chi connectivity index (χ1) is 13.9. The summed E-state index contributed by atoms with van der Waals surface area (Å²) in [5.41, 5.74) is -0.798. The summed E-state index contributed by atoms with van der Waals surface area (Å²) in [5.74, 6) is 1.86. The number of rotatable bonds is 3. The van der Waals surface area contributed by atoms with Gasteiger partial charge in [-0.3, -0.25) is 9.59 Å². The first kappa shape index (κ1) is 18.6. The Labute approximate surface area is 165 Å². The van der Waals surface area contributed by atoms with Gasteiger partial charge >= 0.3 is 6.03 Å². The molecule has 0 saturated carbocycles. The number of hydrogen-bond acceptors (Lipinski definition) is 3. The highest BCUT2D eigenvalue weighted by Crippen LogP contribution is 2.44. The Morgan fingerprint density at radius 3 is 2.45 bits per heavy atom. The van der Waals surface area contributed by atoms with Crippen LogP contribution in [0.1, 0.15) is 18.1 Å². The van der Waals surface area contributed by atoms with Crippen LogP contribution in [0.4, 0.5) is 19.3 Å². The minimum Gasteiger partial charge on any atom is -0.311 e. The summed E-state index contributed by atoms with van der Waals surface area (Å²) in [6.07, 6.45) is 0. The summed E-state index contributed by atoms with van der Waals surface area (Å²) in [6, 6.07) is 9.18. The first-order valence-electron chi connectivity index (χ1n) is 8.79. The molecule has 4 rings (SSSR count). The Hall–Kier alpha value is -3.73. The molecule has 0 aromatic heterocycles. The van der Waals surface area contributed by atoms with E-state index < -0.39 is 35.0 Å². The molecule has 2 aliphatic rings. The molecule has 1 atom stereocenters. The fourth-order valence-corrected chi connectivity index (χ4v) is 3.64. The molecule has 1 spiro atoms. The third-order valence-electron chi connectivity index (χ3n) is 5.01. The van der Waals surface area contributed by atoms with E-state index in [9.17, 15) is 23.2 Å². The standard InChI is InChI=1S/C21H15F2N3O3/c1-2-3-10-25-18(27)21(24-20(25)29)14-6-4-5-7-17(14)26(19(21)28)12-13-8-9-15(22)16(23)11-13/h4-9,11H,10,12H2,1H3,(H,24,29). The van der Waals surface area contributed by atoms with Crippen molar-refractivity contribution in [2.75, 3.05) is 11.4 Å². The molecule has 2 aromatic rings. The number of halogens is 2.